The van der Waals surface area contributed by atoms with E-state index in [1.165, 1.54) is 32.5 Å². The lowest BCUT2D eigenvalue weighted by molar-refractivity contribution is -0.120. The minimum absolute atomic E-state index is 0.0949. The van der Waals surface area contributed by atoms with Crippen LogP contribution in [0.4, 0.5) is 4.39 Å². The third-order valence-electron chi connectivity index (χ3n) is 4.66. The van der Waals surface area contributed by atoms with Crippen molar-refractivity contribution in [3.63, 3.8) is 0 Å². The summed E-state index contributed by atoms with van der Waals surface area (Å²) in [6, 6.07) is 13.5. The molecule has 2 aromatic carbocycles. The maximum absolute atomic E-state index is 13.0. The van der Waals surface area contributed by atoms with Gasteiger partial charge < -0.3 is 15.2 Å². The first-order valence-electron chi connectivity index (χ1n) is 9.45. The van der Waals surface area contributed by atoms with E-state index in [-0.39, 0.29) is 17.8 Å². The zero-order valence-corrected chi connectivity index (χ0v) is 17.1. The fourth-order valence-corrected chi connectivity index (χ4v) is 2.97. The molecule has 3 N–H and O–H groups in total. The Morgan fingerprint density at radius 1 is 1.03 bits per heavy atom. The van der Waals surface area contributed by atoms with Gasteiger partial charge in [0.2, 0.25) is 5.91 Å². The maximum atomic E-state index is 13.0. The van der Waals surface area contributed by atoms with E-state index in [0.29, 0.717) is 28.3 Å². The van der Waals surface area contributed by atoms with Crippen LogP contribution in [0.25, 0.3) is 11.3 Å². The van der Waals surface area contributed by atoms with Crippen molar-refractivity contribution in [3.8, 4) is 22.8 Å². The molecule has 0 radical (unpaired) electrons. The number of aromatic nitrogens is 1. The van der Waals surface area contributed by atoms with Gasteiger partial charge in [0, 0.05) is 24.2 Å². The standard InChI is InChI=1S/C23H22FN3O4/c1-30-20-10-6-15(11-21(20)31-2)18(25)12-22(28)27-23(29)16-5-9-19(26-13-16)14-3-7-17(24)8-4-14/h3-11,13,18H,12,25H2,1-2H3,(H,27,28,29). The number of amides is 2. The van der Waals surface area contributed by atoms with Crippen LogP contribution >= 0.6 is 0 Å². The fraction of sp³-hybridized carbons (Fsp3) is 0.174. The Bertz CT molecular complexity index is 1070. The van der Waals surface area contributed by atoms with Crippen LogP contribution in [0.5, 0.6) is 11.5 Å². The highest BCUT2D eigenvalue weighted by molar-refractivity contribution is 6.04. The first kappa shape index (κ1) is 21.9. The summed E-state index contributed by atoms with van der Waals surface area (Å²) >= 11 is 0. The van der Waals surface area contributed by atoms with E-state index in [4.69, 9.17) is 15.2 Å². The van der Waals surface area contributed by atoms with Crippen LogP contribution in [0.15, 0.2) is 60.8 Å². The van der Waals surface area contributed by atoms with Crippen LogP contribution in [0.1, 0.15) is 28.4 Å². The number of nitrogens with zero attached hydrogens (tertiary/aromatic N) is 1. The minimum Gasteiger partial charge on any atom is -0.493 e. The molecule has 1 aromatic heterocycles. The van der Waals surface area contributed by atoms with Crippen molar-refractivity contribution in [2.24, 2.45) is 5.73 Å². The minimum atomic E-state index is -0.633. The number of nitrogens with one attached hydrogen (secondary N) is 1. The predicted octanol–water partition coefficient (Wildman–Crippen LogP) is 3.25. The van der Waals surface area contributed by atoms with Crippen LogP contribution in [-0.2, 0) is 4.79 Å². The van der Waals surface area contributed by atoms with Gasteiger partial charge in [-0.3, -0.25) is 19.9 Å². The SMILES string of the molecule is COc1ccc(C(N)CC(=O)NC(=O)c2ccc(-c3ccc(F)cc3)nc2)cc1OC. The van der Waals surface area contributed by atoms with Crippen molar-refractivity contribution in [2.75, 3.05) is 14.2 Å². The summed E-state index contributed by atoms with van der Waals surface area (Å²) in [5, 5.41) is 2.31. The molecule has 160 valence electrons. The molecule has 0 aliphatic rings. The molecule has 3 rings (SSSR count). The second-order valence-electron chi connectivity index (χ2n) is 6.74. The van der Waals surface area contributed by atoms with E-state index in [2.05, 4.69) is 10.3 Å². The number of pyridine rings is 1. The Morgan fingerprint density at radius 3 is 2.35 bits per heavy atom. The van der Waals surface area contributed by atoms with Crippen LogP contribution in [0.2, 0.25) is 0 Å². The number of hydrogen-bond donors (Lipinski definition) is 2. The molecule has 0 spiro atoms. The molecule has 1 atom stereocenters. The Kier molecular flexibility index (Phi) is 6.94. The van der Waals surface area contributed by atoms with Crippen LogP contribution in [0.3, 0.4) is 0 Å². The van der Waals surface area contributed by atoms with Crippen LogP contribution in [-0.4, -0.2) is 31.0 Å². The monoisotopic (exact) mass is 423 g/mol. The third kappa shape index (κ3) is 5.43. The number of hydrogen-bond acceptors (Lipinski definition) is 6. The molecule has 1 unspecified atom stereocenters. The zero-order chi connectivity index (χ0) is 22.4. The van der Waals surface area contributed by atoms with Crippen LogP contribution in [0, 0.1) is 5.82 Å². The molecule has 0 fully saturated rings. The summed E-state index contributed by atoms with van der Waals surface area (Å²) in [5.41, 5.74) is 8.30. The molecule has 3 aromatic rings. The van der Waals surface area contributed by atoms with Crippen molar-refractivity contribution in [3.05, 3.63) is 77.7 Å². The van der Waals surface area contributed by atoms with Gasteiger partial charge in [0.05, 0.1) is 25.5 Å². The van der Waals surface area contributed by atoms with Crippen molar-refractivity contribution in [1.82, 2.24) is 10.3 Å². The normalized spacial score (nSPS) is 11.5. The number of carbonyl (C=O) groups excluding carboxylic acids is 2. The lowest BCUT2D eigenvalue weighted by Gasteiger charge is -2.14. The molecule has 7 nitrogen and oxygen atoms in total. The van der Waals surface area contributed by atoms with E-state index in [9.17, 15) is 14.0 Å². The molecule has 8 heteroatoms. The number of halogens is 1. The van der Waals surface area contributed by atoms with Gasteiger partial charge in [-0.2, -0.15) is 0 Å². The van der Waals surface area contributed by atoms with Gasteiger partial charge >= 0.3 is 0 Å². The summed E-state index contributed by atoms with van der Waals surface area (Å²) in [4.78, 5) is 28.8. The average molecular weight is 423 g/mol. The number of ether oxygens (including phenoxy) is 2. The van der Waals surface area contributed by atoms with Crippen molar-refractivity contribution in [1.29, 1.82) is 0 Å². The topological polar surface area (TPSA) is 104 Å². The quantitative estimate of drug-likeness (QED) is 0.605. The van der Waals surface area contributed by atoms with Crippen molar-refractivity contribution >= 4 is 11.8 Å². The van der Waals surface area contributed by atoms with Gasteiger partial charge in [-0.05, 0) is 54.1 Å². The Balaban J connectivity index is 1.61. The van der Waals surface area contributed by atoms with E-state index in [1.54, 1.807) is 42.5 Å². The first-order valence-corrected chi connectivity index (χ1v) is 9.45. The highest BCUT2D eigenvalue weighted by Gasteiger charge is 2.17. The third-order valence-corrected chi connectivity index (χ3v) is 4.66. The van der Waals surface area contributed by atoms with E-state index >= 15 is 0 Å². The van der Waals surface area contributed by atoms with Gasteiger partial charge in [-0.15, -0.1) is 0 Å². The Morgan fingerprint density at radius 2 is 1.74 bits per heavy atom. The zero-order valence-electron chi connectivity index (χ0n) is 17.1. The molecule has 0 aliphatic carbocycles. The number of benzene rings is 2. The van der Waals surface area contributed by atoms with Crippen LogP contribution < -0.4 is 20.5 Å². The summed E-state index contributed by atoms with van der Waals surface area (Å²) in [6.07, 6.45) is 1.26. The Hall–Kier alpha value is -3.78. The first-order chi connectivity index (χ1) is 14.9. The highest BCUT2D eigenvalue weighted by Crippen LogP contribution is 2.30. The largest absolute Gasteiger partial charge is 0.493 e. The highest BCUT2D eigenvalue weighted by atomic mass is 19.1. The number of rotatable bonds is 7. The summed E-state index contributed by atoms with van der Waals surface area (Å²) in [5.74, 6) is -0.393. The van der Waals surface area contributed by atoms with Gasteiger partial charge in [0.25, 0.3) is 5.91 Å². The average Bonchev–Trinajstić information content (AvgIpc) is 2.79. The van der Waals surface area contributed by atoms with E-state index < -0.39 is 17.9 Å². The molecule has 2 amide bonds. The lowest BCUT2D eigenvalue weighted by atomic mass is 10.0. The number of methoxy groups -OCH3 is 2. The molecule has 31 heavy (non-hydrogen) atoms. The van der Waals surface area contributed by atoms with Gasteiger partial charge in [-0.25, -0.2) is 4.39 Å². The van der Waals surface area contributed by atoms with Crippen molar-refractivity contribution in [2.45, 2.75) is 12.5 Å². The van der Waals surface area contributed by atoms with Gasteiger partial charge in [0.1, 0.15) is 5.82 Å². The molecule has 1 heterocycles. The molecule has 0 bridgehead atoms. The predicted molar refractivity (Wildman–Crippen MR) is 113 cm³/mol. The summed E-state index contributed by atoms with van der Waals surface area (Å²) in [7, 11) is 3.03. The number of nitrogens with two attached hydrogens (primary N) is 1. The van der Waals surface area contributed by atoms with E-state index in [1.807, 2.05) is 0 Å². The van der Waals surface area contributed by atoms with Crippen molar-refractivity contribution < 1.29 is 23.5 Å². The molecule has 0 aliphatic heterocycles. The van der Waals surface area contributed by atoms with E-state index in [0.717, 1.165) is 0 Å². The second-order valence-corrected chi connectivity index (χ2v) is 6.74. The Labute approximate surface area is 179 Å². The molecular weight excluding hydrogens is 401 g/mol. The second kappa shape index (κ2) is 9.82. The fourth-order valence-electron chi connectivity index (χ4n) is 2.97. The smallest absolute Gasteiger partial charge is 0.259 e. The molecule has 0 saturated carbocycles. The summed E-state index contributed by atoms with van der Waals surface area (Å²) in [6.45, 7) is 0. The number of imide groups is 1. The molecular formula is C23H22FN3O4. The van der Waals surface area contributed by atoms with Gasteiger partial charge in [-0.1, -0.05) is 6.07 Å². The maximum Gasteiger partial charge on any atom is 0.259 e. The lowest BCUT2D eigenvalue weighted by Crippen LogP contribution is -2.32. The number of carbonyl (C=O) groups is 2. The summed E-state index contributed by atoms with van der Waals surface area (Å²) < 4.78 is 23.5. The van der Waals surface area contributed by atoms with Gasteiger partial charge in [0.15, 0.2) is 11.5 Å². The molecule has 0 saturated heterocycles.